The van der Waals surface area contributed by atoms with Crippen LogP contribution in [-0.4, -0.2) is 24.4 Å². The lowest BCUT2D eigenvalue weighted by molar-refractivity contribution is 0.110. The van der Waals surface area contributed by atoms with Crippen LogP contribution in [0.1, 0.15) is 12.8 Å². The van der Waals surface area contributed by atoms with Crippen LogP contribution in [0.2, 0.25) is 0 Å². The minimum Gasteiger partial charge on any atom is -0.471 e. The normalized spacial score (nSPS) is 33.8. The van der Waals surface area contributed by atoms with Crippen molar-refractivity contribution >= 4 is 30.7 Å². The summed E-state index contributed by atoms with van der Waals surface area (Å²) in [5.41, 5.74) is 0. The molecule has 6 atom stereocenters. The summed E-state index contributed by atoms with van der Waals surface area (Å²) in [6, 6.07) is 3.47. The predicted molar refractivity (Wildman–Crippen MR) is 117 cm³/mol. The molecule has 0 saturated carbocycles. The van der Waals surface area contributed by atoms with Crippen molar-refractivity contribution in [2.75, 3.05) is 0 Å². The van der Waals surface area contributed by atoms with Gasteiger partial charge < -0.3 is 13.9 Å². The third kappa shape index (κ3) is 7.74. The van der Waals surface area contributed by atoms with Gasteiger partial charge in [-0.2, -0.15) is 10.5 Å². The Morgan fingerprint density at radius 3 is 1.51 bits per heavy atom. The van der Waals surface area contributed by atoms with Gasteiger partial charge in [0.25, 0.3) is 0 Å². The molecule has 0 radical (unpaired) electrons. The van der Waals surface area contributed by atoms with Gasteiger partial charge in [-0.15, -0.1) is 0 Å². The Hall–Kier alpha value is -2.34. The zero-order valence-electron chi connectivity index (χ0n) is 19.3. The lowest BCUT2D eigenvalue weighted by Crippen LogP contribution is -2.24. The molecular weight excluding hydrogens is 673 g/mol. The quantitative estimate of drug-likeness (QED) is 0.295. The molecule has 0 aromatic carbocycles. The van der Waals surface area contributed by atoms with Crippen LogP contribution < -0.4 is 0 Å². The van der Waals surface area contributed by atoms with E-state index in [0.717, 1.165) is 0 Å². The minimum atomic E-state index is -9.66. The van der Waals surface area contributed by atoms with Crippen LogP contribution in [0.25, 0.3) is 0 Å². The largest absolute Gasteiger partial charge is 0.471 e. The van der Waals surface area contributed by atoms with Crippen molar-refractivity contribution < 1.29 is 72.2 Å². The van der Waals surface area contributed by atoms with E-state index in [1.807, 2.05) is 0 Å². The number of nitriles is 2. The van der Waals surface area contributed by atoms with Gasteiger partial charge >= 0.3 is 30.7 Å². The standard InChI is InChI=1S/2C7H6F5NOS.C4H3F5OS/c8-15(9,10,11,12)7-2-5-4(3-13)1-6(7)14-5;8-15(9,10,11,12)6-2-5-1-4(3-13)7(6)14-5;5-11(6,7,8,9)4-1-2-10-3-4/h2,4-6H,1H2;2,4-5,7H,1H2;1-3H. The molecule has 1 aromatic rings. The molecule has 238 valence electrons. The average Bonchev–Trinajstić information content (AvgIpc) is 3.54. The van der Waals surface area contributed by atoms with E-state index in [2.05, 4.69) is 13.9 Å². The van der Waals surface area contributed by atoms with Gasteiger partial charge in [-0.1, -0.05) is 58.3 Å². The van der Waals surface area contributed by atoms with E-state index < -0.39 is 81.6 Å². The zero-order valence-corrected chi connectivity index (χ0v) is 21.7. The Labute approximate surface area is 220 Å². The van der Waals surface area contributed by atoms with Crippen LogP contribution in [0.5, 0.6) is 0 Å². The molecule has 2 fully saturated rings. The molecule has 4 aliphatic rings. The highest BCUT2D eigenvalue weighted by Crippen LogP contribution is 3.04. The van der Waals surface area contributed by atoms with E-state index in [1.54, 1.807) is 12.1 Å². The molecule has 5 nitrogen and oxygen atoms in total. The Balaban J connectivity index is 0.000000172. The summed E-state index contributed by atoms with van der Waals surface area (Å²) in [6.45, 7) is 0. The molecule has 0 amide bonds. The molecule has 0 spiro atoms. The van der Waals surface area contributed by atoms with E-state index in [1.165, 1.54) is 0 Å². The number of hydrogen-bond donors (Lipinski definition) is 0. The second-order valence-corrected chi connectivity index (χ2v) is 16.4. The predicted octanol–water partition coefficient (Wildman–Crippen LogP) is 10.9. The number of ether oxygens (including phenoxy) is 2. The molecular formula is C18H15F15N2O3S3. The molecule has 6 unspecified atom stereocenters. The summed E-state index contributed by atoms with van der Waals surface area (Å²) in [5.74, 6) is -1.88. The Bertz CT molecular complexity index is 1390. The second kappa shape index (κ2) is 7.59. The number of nitrogens with zero attached hydrogens (tertiary/aromatic N) is 2. The first-order valence-electron chi connectivity index (χ1n) is 10.4. The molecule has 4 bridgehead atoms. The second-order valence-electron chi connectivity index (χ2n) is 9.13. The Morgan fingerprint density at radius 2 is 1.20 bits per heavy atom. The smallest absolute Gasteiger partial charge is 0.313 e. The molecule has 5 rings (SSSR count). The first-order chi connectivity index (χ1) is 17.6. The third-order valence-electron chi connectivity index (χ3n) is 5.80. The monoisotopic (exact) mass is 688 g/mol. The number of halogens is 15. The Kier molecular flexibility index (Phi) is 6.14. The molecule has 0 aliphatic carbocycles. The SMILES string of the molecule is FS(F)(F)(F)(F)c1ccoc1.N#CC1CC2C=C(S(F)(F)(F)(F)F)C1O2.N#CC1CC2OC1C=C2S(F)(F)(F)(F)F. The van der Waals surface area contributed by atoms with Gasteiger partial charge in [-0.25, -0.2) is 0 Å². The maximum atomic E-state index is 12.4. The fourth-order valence-electron chi connectivity index (χ4n) is 4.12. The molecule has 4 aliphatic heterocycles. The van der Waals surface area contributed by atoms with Crippen molar-refractivity contribution in [3.63, 3.8) is 0 Å². The van der Waals surface area contributed by atoms with Crippen molar-refractivity contribution in [2.45, 2.75) is 42.2 Å². The van der Waals surface area contributed by atoms with Gasteiger partial charge in [-0.05, 0) is 31.1 Å². The van der Waals surface area contributed by atoms with E-state index in [9.17, 15) is 58.3 Å². The van der Waals surface area contributed by atoms with E-state index in [-0.39, 0.29) is 25.2 Å². The first kappa shape index (κ1) is 33.2. The maximum Gasteiger partial charge on any atom is 0.313 e. The van der Waals surface area contributed by atoms with Crippen molar-refractivity contribution in [3.05, 3.63) is 40.6 Å². The zero-order chi connectivity index (χ0) is 31.9. The van der Waals surface area contributed by atoms with Gasteiger partial charge in [0.15, 0.2) is 0 Å². The average molecular weight is 689 g/mol. The lowest BCUT2D eigenvalue weighted by Gasteiger charge is -2.43. The van der Waals surface area contributed by atoms with E-state index in [4.69, 9.17) is 10.5 Å². The summed E-state index contributed by atoms with van der Waals surface area (Å²) in [7, 11) is -28.7. The van der Waals surface area contributed by atoms with Crippen molar-refractivity contribution in [1.82, 2.24) is 0 Å². The molecule has 0 N–H and O–H groups in total. The molecule has 5 heterocycles. The summed E-state index contributed by atoms with van der Waals surface area (Å²) in [4.78, 5) is -5.80. The fourth-order valence-corrected chi connectivity index (χ4v) is 6.78. The van der Waals surface area contributed by atoms with Gasteiger partial charge in [0.05, 0.1) is 48.5 Å². The van der Waals surface area contributed by atoms with Gasteiger partial charge in [-0.3, -0.25) is 0 Å². The van der Waals surface area contributed by atoms with Crippen LogP contribution >= 0.6 is 30.7 Å². The first-order valence-corrected chi connectivity index (χ1v) is 16.3. The van der Waals surface area contributed by atoms with Crippen molar-refractivity contribution in [3.8, 4) is 12.1 Å². The van der Waals surface area contributed by atoms with Crippen LogP contribution in [0.15, 0.2) is 49.9 Å². The summed E-state index contributed by atoms with van der Waals surface area (Å²) in [5, 5.41) is 17.0. The number of hydrogen-bond acceptors (Lipinski definition) is 5. The third-order valence-corrected chi connectivity index (χ3v) is 9.47. The fraction of sp³-hybridized carbons (Fsp3) is 0.444. The van der Waals surface area contributed by atoms with Crippen LogP contribution in [-0.2, 0) is 9.47 Å². The number of rotatable bonds is 3. The molecule has 1 aromatic heterocycles. The topological polar surface area (TPSA) is 79.2 Å². The van der Waals surface area contributed by atoms with Crippen LogP contribution in [0, 0.1) is 34.5 Å². The van der Waals surface area contributed by atoms with Gasteiger partial charge in [0, 0.05) is 0 Å². The van der Waals surface area contributed by atoms with Crippen LogP contribution in [0.3, 0.4) is 0 Å². The highest BCUT2D eigenvalue weighted by Gasteiger charge is 2.73. The summed E-state index contributed by atoms with van der Waals surface area (Å²) < 4.78 is 196. The lowest BCUT2D eigenvalue weighted by atomic mass is 9.96. The maximum absolute atomic E-state index is 12.4. The van der Waals surface area contributed by atoms with Gasteiger partial charge in [0.1, 0.15) is 27.1 Å². The van der Waals surface area contributed by atoms with Crippen molar-refractivity contribution in [1.29, 1.82) is 10.5 Å². The summed E-state index contributed by atoms with van der Waals surface area (Å²) >= 11 is 0. The summed E-state index contributed by atoms with van der Waals surface area (Å²) in [6.07, 6.45) is -4.58. The van der Waals surface area contributed by atoms with Crippen molar-refractivity contribution in [2.24, 2.45) is 11.8 Å². The van der Waals surface area contributed by atoms with Crippen LogP contribution in [0.4, 0.5) is 58.3 Å². The molecule has 41 heavy (non-hydrogen) atoms. The number of fused-ring (bicyclic) bond motifs is 4. The minimum absolute atomic E-state index is 0.0123. The Morgan fingerprint density at radius 1 is 0.659 bits per heavy atom. The van der Waals surface area contributed by atoms with Gasteiger partial charge in [0.2, 0.25) is 0 Å². The highest BCUT2D eigenvalue weighted by molar-refractivity contribution is 8.49. The van der Waals surface area contributed by atoms with E-state index in [0.29, 0.717) is 18.4 Å². The molecule has 23 heteroatoms. The number of furan rings is 1. The highest BCUT2D eigenvalue weighted by atomic mass is 32.5. The van der Waals surface area contributed by atoms with E-state index >= 15 is 0 Å². The molecule has 2 saturated heterocycles.